The lowest BCUT2D eigenvalue weighted by Crippen LogP contribution is -2.38. The maximum absolute atomic E-state index is 13.4. The van der Waals surface area contributed by atoms with Crippen molar-refractivity contribution < 1.29 is 17.6 Å². The molecule has 3 rings (SSSR count). The average molecular weight is 481 g/mol. The summed E-state index contributed by atoms with van der Waals surface area (Å²) < 4.78 is 41.1. The Morgan fingerprint density at radius 1 is 0.968 bits per heavy atom. The molecule has 0 heterocycles. The highest BCUT2D eigenvalue weighted by Gasteiger charge is 2.27. The first-order valence-electron chi connectivity index (χ1n) is 9.18. The van der Waals surface area contributed by atoms with E-state index in [0.29, 0.717) is 10.7 Å². The summed E-state index contributed by atoms with van der Waals surface area (Å²) in [7, 11) is -4.07. The van der Waals surface area contributed by atoms with Gasteiger partial charge in [-0.25, -0.2) is 12.8 Å². The maximum atomic E-state index is 13.4. The molecule has 9 heteroatoms. The normalized spacial score (nSPS) is 11.3. The number of hydrogen-bond donors (Lipinski definition) is 1. The molecule has 0 unspecified atom stereocenters. The van der Waals surface area contributed by atoms with Gasteiger partial charge >= 0.3 is 0 Å². The summed E-state index contributed by atoms with van der Waals surface area (Å²) in [5.74, 6) is -1.24. The highest BCUT2D eigenvalue weighted by atomic mass is 35.5. The Morgan fingerprint density at radius 2 is 1.65 bits per heavy atom. The predicted molar refractivity (Wildman–Crippen MR) is 122 cm³/mol. The summed E-state index contributed by atoms with van der Waals surface area (Å²) in [6.45, 7) is 3.26. The van der Waals surface area contributed by atoms with Crippen LogP contribution in [0.2, 0.25) is 10.0 Å². The molecule has 0 atom stereocenters. The minimum atomic E-state index is -4.07. The van der Waals surface area contributed by atoms with Crippen molar-refractivity contribution in [3.05, 3.63) is 87.7 Å². The van der Waals surface area contributed by atoms with Crippen LogP contribution in [0.5, 0.6) is 0 Å². The van der Waals surface area contributed by atoms with Crippen LogP contribution < -0.4 is 9.62 Å². The first-order valence-corrected chi connectivity index (χ1v) is 11.4. The standard InChI is InChI=1S/C22H19Cl2FN2O3S/c1-14-3-7-18(11-15(14)2)27(31(29,30)19-8-4-16(23)5-9-19)13-22(28)26-17-6-10-21(25)20(24)12-17/h3-12H,13H2,1-2H3,(H,26,28). The molecular formula is C22H19Cl2FN2O3S. The topological polar surface area (TPSA) is 66.5 Å². The lowest BCUT2D eigenvalue weighted by Gasteiger charge is -2.25. The Morgan fingerprint density at radius 3 is 2.26 bits per heavy atom. The average Bonchev–Trinajstić information content (AvgIpc) is 2.71. The van der Waals surface area contributed by atoms with E-state index in [1.165, 1.54) is 36.4 Å². The molecule has 0 aromatic heterocycles. The van der Waals surface area contributed by atoms with E-state index in [2.05, 4.69) is 5.32 Å². The number of carbonyl (C=O) groups excluding carboxylic acids is 1. The Labute approximate surface area is 190 Å². The van der Waals surface area contributed by atoms with Gasteiger partial charge in [0.25, 0.3) is 10.0 Å². The molecule has 0 bridgehead atoms. The zero-order valence-corrected chi connectivity index (χ0v) is 19.0. The number of aryl methyl sites for hydroxylation is 2. The number of carbonyl (C=O) groups is 1. The highest BCUT2D eigenvalue weighted by Crippen LogP contribution is 2.27. The minimum Gasteiger partial charge on any atom is -0.324 e. The van der Waals surface area contributed by atoms with Gasteiger partial charge in [-0.1, -0.05) is 29.3 Å². The van der Waals surface area contributed by atoms with Crippen molar-refractivity contribution in [1.29, 1.82) is 0 Å². The lowest BCUT2D eigenvalue weighted by molar-refractivity contribution is -0.114. The van der Waals surface area contributed by atoms with Gasteiger partial charge in [0.15, 0.2) is 0 Å². The van der Waals surface area contributed by atoms with Crippen LogP contribution in [-0.2, 0) is 14.8 Å². The van der Waals surface area contributed by atoms with Gasteiger partial charge in [0, 0.05) is 10.7 Å². The van der Waals surface area contributed by atoms with Crippen LogP contribution in [0.1, 0.15) is 11.1 Å². The number of hydrogen-bond acceptors (Lipinski definition) is 3. The Bertz CT molecular complexity index is 1230. The van der Waals surface area contributed by atoms with Gasteiger partial charge in [0.2, 0.25) is 5.91 Å². The van der Waals surface area contributed by atoms with E-state index in [1.54, 1.807) is 18.2 Å². The third-order valence-corrected chi connectivity index (χ3v) is 7.00. The summed E-state index contributed by atoms with van der Waals surface area (Å²) in [6.07, 6.45) is 0. The zero-order chi connectivity index (χ0) is 22.8. The molecule has 1 amide bonds. The van der Waals surface area contributed by atoms with Gasteiger partial charge in [0.1, 0.15) is 12.4 Å². The van der Waals surface area contributed by atoms with Crippen LogP contribution in [0.15, 0.2) is 65.6 Å². The number of nitrogens with zero attached hydrogens (tertiary/aromatic N) is 1. The van der Waals surface area contributed by atoms with Crippen LogP contribution in [0.3, 0.4) is 0 Å². The zero-order valence-electron chi connectivity index (χ0n) is 16.7. The molecule has 0 saturated carbocycles. The number of benzene rings is 3. The number of amides is 1. The van der Waals surface area contributed by atoms with Crippen molar-refractivity contribution in [2.45, 2.75) is 18.7 Å². The fourth-order valence-electron chi connectivity index (χ4n) is 2.83. The van der Waals surface area contributed by atoms with Gasteiger partial charge in [0.05, 0.1) is 15.6 Å². The largest absolute Gasteiger partial charge is 0.324 e. The first kappa shape index (κ1) is 23.1. The molecule has 1 N–H and O–H groups in total. The fraction of sp³-hybridized carbons (Fsp3) is 0.136. The third kappa shape index (κ3) is 5.36. The van der Waals surface area contributed by atoms with E-state index >= 15 is 0 Å². The van der Waals surface area contributed by atoms with Crippen LogP contribution >= 0.6 is 23.2 Å². The molecule has 0 aliphatic carbocycles. The quantitative estimate of drug-likeness (QED) is 0.500. The molecule has 162 valence electrons. The summed E-state index contributed by atoms with van der Waals surface area (Å²) >= 11 is 11.6. The second-order valence-corrected chi connectivity index (χ2v) is 9.62. The molecule has 3 aromatic carbocycles. The predicted octanol–water partition coefficient (Wildman–Crippen LogP) is 5.58. The molecule has 31 heavy (non-hydrogen) atoms. The van der Waals surface area contributed by atoms with E-state index in [4.69, 9.17) is 23.2 Å². The molecular weight excluding hydrogens is 462 g/mol. The SMILES string of the molecule is Cc1ccc(N(CC(=O)Nc2ccc(F)c(Cl)c2)S(=O)(=O)c2ccc(Cl)cc2)cc1C. The highest BCUT2D eigenvalue weighted by molar-refractivity contribution is 7.92. The maximum Gasteiger partial charge on any atom is 0.264 e. The summed E-state index contributed by atoms with van der Waals surface area (Å²) in [4.78, 5) is 12.7. The number of anilines is 2. The molecule has 0 aliphatic heterocycles. The monoisotopic (exact) mass is 480 g/mol. The molecule has 0 aliphatic rings. The number of halogens is 3. The van der Waals surface area contributed by atoms with Crippen molar-refractivity contribution >= 4 is 50.5 Å². The van der Waals surface area contributed by atoms with Crippen molar-refractivity contribution in [2.24, 2.45) is 0 Å². The molecule has 0 radical (unpaired) electrons. The van der Waals surface area contributed by atoms with Crippen molar-refractivity contribution in [2.75, 3.05) is 16.2 Å². The fourth-order valence-corrected chi connectivity index (χ4v) is 4.55. The number of sulfonamides is 1. The van der Waals surface area contributed by atoms with E-state index in [0.717, 1.165) is 21.5 Å². The second-order valence-electron chi connectivity index (χ2n) is 6.91. The number of nitrogens with one attached hydrogen (secondary N) is 1. The Balaban J connectivity index is 1.97. The van der Waals surface area contributed by atoms with Crippen molar-refractivity contribution in [3.8, 4) is 0 Å². The second kappa shape index (κ2) is 9.26. The Kier molecular flexibility index (Phi) is 6.89. The molecule has 0 spiro atoms. The van der Waals surface area contributed by atoms with Gasteiger partial charge in [-0.05, 0) is 79.6 Å². The lowest BCUT2D eigenvalue weighted by atomic mass is 10.1. The van der Waals surface area contributed by atoms with Gasteiger partial charge in [-0.15, -0.1) is 0 Å². The van der Waals surface area contributed by atoms with E-state index in [9.17, 15) is 17.6 Å². The smallest absolute Gasteiger partial charge is 0.264 e. The summed E-state index contributed by atoms with van der Waals surface area (Å²) in [5.41, 5.74) is 2.45. The molecule has 5 nitrogen and oxygen atoms in total. The van der Waals surface area contributed by atoms with Gasteiger partial charge in [-0.2, -0.15) is 0 Å². The van der Waals surface area contributed by atoms with Crippen LogP contribution in [0.4, 0.5) is 15.8 Å². The van der Waals surface area contributed by atoms with Crippen LogP contribution in [0.25, 0.3) is 0 Å². The molecule has 0 fully saturated rings. The van der Waals surface area contributed by atoms with Crippen molar-refractivity contribution in [1.82, 2.24) is 0 Å². The van der Waals surface area contributed by atoms with Crippen LogP contribution in [-0.4, -0.2) is 20.9 Å². The van der Waals surface area contributed by atoms with E-state index in [1.807, 2.05) is 13.8 Å². The molecule has 3 aromatic rings. The van der Waals surface area contributed by atoms with E-state index < -0.39 is 28.3 Å². The summed E-state index contributed by atoms with van der Waals surface area (Å²) in [6, 6.07) is 14.5. The third-order valence-electron chi connectivity index (χ3n) is 4.67. The number of rotatable bonds is 6. The van der Waals surface area contributed by atoms with Crippen molar-refractivity contribution in [3.63, 3.8) is 0 Å². The first-order chi connectivity index (χ1) is 14.6. The van der Waals surface area contributed by atoms with Gasteiger partial charge < -0.3 is 5.32 Å². The summed E-state index contributed by atoms with van der Waals surface area (Å²) in [5, 5.41) is 2.79. The van der Waals surface area contributed by atoms with Crippen LogP contribution in [0, 0.1) is 19.7 Å². The van der Waals surface area contributed by atoms with E-state index in [-0.39, 0.29) is 15.6 Å². The minimum absolute atomic E-state index is 0.00671. The Hall–Kier alpha value is -2.61. The molecule has 0 saturated heterocycles. The van der Waals surface area contributed by atoms with Gasteiger partial charge in [-0.3, -0.25) is 9.10 Å².